The van der Waals surface area contributed by atoms with Gasteiger partial charge in [-0.1, -0.05) is 45.0 Å². The van der Waals surface area contributed by atoms with Crippen LogP contribution in [0.1, 0.15) is 44.2 Å². The van der Waals surface area contributed by atoms with E-state index in [9.17, 15) is 0 Å². The van der Waals surface area contributed by atoms with Gasteiger partial charge in [-0.15, -0.1) is 0 Å². The smallest absolute Gasteiger partial charge is 0.0734 e. The molecule has 0 aliphatic heterocycles. The van der Waals surface area contributed by atoms with Crippen LogP contribution in [0.15, 0.2) is 24.3 Å². The van der Waals surface area contributed by atoms with Gasteiger partial charge in [0.1, 0.15) is 0 Å². The summed E-state index contributed by atoms with van der Waals surface area (Å²) in [5.74, 6) is -0.195. The predicted molar refractivity (Wildman–Crippen MR) is 65.2 cm³/mol. The van der Waals surface area contributed by atoms with Gasteiger partial charge in [0.25, 0.3) is 0 Å². The monoisotopic (exact) mass is 217 g/mol. The maximum atomic E-state index is 8.98. The summed E-state index contributed by atoms with van der Waals surface area (Å²) in [5.41, 5.74) is 2.39. The molecule has 0 saturated carbocycles. The number of benzene rings is 1. The number of nitriles is 1. The van der Waals surface area contributed by atoms with E-state index in [4.69, 9.17) is 10.4 Å². The van der Waals surface area contributed by atoms with E-state index in [0.717, 1.165) is 5.56 Å². The highest BCUT2D eigenvalue weighted by Gasteiger charge is 2.15. The molecule has 1 aromatic rings. The Labute approximate surface area is 97.5 Å². The molecular formula is C14H19NO. The molecule has 0 spiro atoms. The van der Waals surface area contributed by atoms with E-state index in [1.807, 2.05) is 12.1 Å². The summed E-state index contributed by atoms with van der Waals surface area (Å²) < 4.78 is 0. The molecule has 1 unspecified atom stereocenters. The summed E-state index contributed by atoms with van der Waals surface area (Å²) in [6.07, 6.45) is 0.505. The van der Waals surface area contributed by atoms with Gasteiger partial charge in [0.05, 0.1) is 12.0 Å². The van der Waals surface area contributed by atoms with Crippen molar-refractivity contribution in [3.05, 3.63) is 35.4 Å². The summed E-state index contributed by atoms with van der Waals surface area (Å²) in [4.78, 5) is 0. The lowest BCUT2D eigenvalue weighted by molar-refractivity contribution is 0.283. The first-order valence-corrected chi connectivity index (χ1v) is 5.60. The maximum absolute atomic E-state index is 8.98. The third-order valence-electron chi connectivity index (χ3n) is 2.75. The van der Waals surface area contributed by atoms with E-state index in [1.54, 1.807) is 0 Å². The second kappa shape index (κ2) is 5.14. The van der Waals surface area contributed by atoms with Crippen molar-refractivity contribution in [2.45, 2.75) is 38.5 Å². The van der Waals surface area contributed by atoms with Gasteiger partial charge >= 0.3 is 0 Å². The highest BCUT2D eigenvalue weighted by atomic mass is 16.3. The maximum Gasteiger partial charge on any atom is 0.0734 e. The SMILES string of the molecule is CC(C)(C)c1ccc(C(C#N)CCO)cc1. The first-order chi connectivity index (χ1) is 7.49. The normalized spacial score (nSPS) is 13.2. The largest absolute Gasteiger partial charge is 0.396 e. The fourth-order valence-electron chi connectivity index (χ4n) is 1.65. The van der Waals surface area contributed by atoms with E-state index >= 15 is 0 Å². The molecule has 0 radical (unpaired) electrons. The Morgan fingerprint density at radius 3 is 2.19 bits per heavy atom. The van der Waals surface area contributed by atoms with Crippen LogP contribution in [0.5, 0.6) is 0 Å². The molecule has 1 aromatic carbocycles. The molecule has 1 atom stereocenters. The number of rotatable bonds is 3. The molecule has 0 aliphatic rings. The van der Waals surface area contributed by atoms with Gasteiger partial charge in [-0.25, -0.2) is 0 Å². The molecule has 2 heteroatoms. The number of aliphatic hydroxyl groups is 1. The second-order valence-electron chi connectivity index (χ2n) is 5.07. The summed E-state index contributed by atoms with van der Waals surface area (Å²) in [7, 11) is 0. The Balaban J connectivity index is 2.90. The van der Waals surface area contributed by atoms with E-state index in [-0.39, 0.29) is 17.9 Å². The zero-order chi connectivity index (χ0) is 12.2. The fourth-order valence-corrected chi connectivity index (χ4v) is 1.65. The standard InChI is InChI=1S/C14H19NO/c1-14(2,3)13-6-4-11(5-7-13)12(10-15)8-9-16/h4-7,12,16H,8-9H2,1-3H3. The van der Waals surface area contributed by atoms with Gasteiger partial charge < -0.3 is 5.11 Å². The molecule has 0 saturated heterocycles. The quantitative estimate of drug-likeness (QED) is 0.846. The van der Waals surface area contributed by atoms with Crippen LogP contribution in [0.25, 0.3) is 0 Å². The minimum atomic E-state index is -0.195. The van der Waals surface area contributed by atoms with E-state index in [1.165, 1.54) is 5.56 Å². The van der Waals surface area contributed by atoms with Gasteiger partial charge in [-0.2, -0.15) is 5.26 Å². The van der Waals surface area contributed by atoms with Crippen LogP contribution in [0.4, 0.5) is 0 Å². The van der Waals surface area contributed by atoms with Crippen molar-refractivity contribution in [2.75, 3.05) is 6.61 Å². The summed E-state index contributed by atoms with van der Waals surface area (Å²) in [6.45, 7) is 6.55. The molecule has 1 N–H and O–H groups in total. The summed E-state index contributed by atoms with van der Waals surface area (Å²) >= 11 is 0. The van der Waals surface area contributed by atoms with Crippen molar-refractivity contribution in [3.63, 3.8) is 0 Å². The average Bonchev–Trinajstić information content (AvgIpc) is 2.25. The molecular weight excluding hydrogens is 198 g/mol. The molecule has 0 fully saturated rings. The van der Waals surface area contributed by atoms with Gasteiger partial charge in [0.15, 0.2) is 0 Å². The van der Waals surface area contributed by atoms with E-state index in [0.29, 0.717) is 6.42 Å². The molecule has 86 valence electrons. The molecule has 0 aliphatic carbocycles. The van der Waals surface area contributed by atoms with Crippen molar-refractivity contribution in [2.24, 2.45) is 0 Å². The number of hydrogen-bond acceptors (Lipinski definition) is 2. The molecule has 0 amide bonds. The van der Waals surface area contributed by atoms with Crippen LogP contribution in [-0.2, 0) is 5.41 Å². The van der Waals surface area contributed by atoms with Crippen LogP contribution in [0.2, 0.25) is 0 Å². The number of nitrogens with zero attached hydrogens (tertiary/aromatic N) is 1. The van der Waals surface area contributed by atoms with Gasteiger partial charge in [0, 0.05) is 6.61 Å². The first kappa shape index (κ1) is 12.7. The molecule has 0 aromatic heterocycles. The Bertz CT molecular complexity index is 367. The zero-order valence-corrected chi connectivity index (χ0v) is 10.2. The van der Waals surface area contributed by atoms with Crippen molar-refractivity contribution in [3.8, 4) is 6.07 Å². The van der Waals surface area contributed by atoms with Crippen LogP contribution >= 0.6 is 0 Å². The van der Waals surface area contributed by atoms with Crippen molar-refractivity contribution >= 4 is 0 Å². The molecule has 1 rings (SSSR count). The third-order valence-corrected chi connectivity index (χ3v) is 2.75. The summed E-state index contributed by atoms with van der Waals surface area (Å²) in [5, 5.41) is 17.8. The second-order valence-corrected chi connectivity index (χ2v) is 5.07. The minimum Gasteiger partial charge on any atom is -0.396 e. The third kappa shape index (κ3) is 3.08. The van der Waals surface area contributed by atoms with E-state index in [2.05, 4.69) is 39.0 Å². The number of hydrogen-bond donors (Lipinski definition) is 1. The first-order valence-electron chi connectivity index (χ1n) is 5.60. The van der Waals surface area contributed by atoms with Crippen molar-refractivity contribution in [1.82, 2.24) is 0 Å². The van der Waals surface area contributed by atoms with Crippen LogP contribution < -0.4 is 0 Å². The lowest BCUT2D eigenvalue weighted by atomic mass is 9.85. The topological polar surface area (TPSA) is 44.0 Å². The molecule has 2 nitrogen and oxygen atoms in total. The number of aliphatic hydroxyl groups excluding tert-OH is 1. The van der Waals surface area contributed by atoms with Crippen molar-refractivity contribution < 1.29 is 5.11 Å². The van der Waals surface area contributed by atoms with Crippen LogP contribution in [-0.4, -0.2) is 11.7 Å². The van der Waals surface area contributed by atoms with Crippen LogP contribution in [0, 0.1) is 11.3 Å². The molecule has 16 heavy (non-hydrogen) atoms. The highest BCUT2D eigenvalue weighted by molar-refractivity contribution is 5.31. The Hall–Kier alpha value is -1.33. The molecule has 0 bridgehead atoms. The Morgan fingerprint density at radius 1 is 1.25 bits per heavy atom. The lowest BCUT2D eigenvalue weighted by Gasteiger charge is -2.19. The zero-order valence-electron chi connectivity index (χ0n) is 10.2. The molecule has 0 heterocycles. The van der Waals surface area contributed by atoms with Crippen molar-refractivity contribution in [1.29, 1.82) is 5.26 Å². The Kier molecular flexibility index (Phi) is 4.09. The van der Waals surface area contributed by atoms with Gasteiger partial charge in [-0.3, -0.25) is 0 Å². The fraction of sp³-hybridized carbons (Fsp3) is 0.500. The van der Waals surface area contributed by atoms with Crippen LogP contribution in [0.3, 0.4) is 0 Å². The predicted octanol–water partition coefficient (Wildman–Crippen LogP) is 2.97. The minimum absolute atomic E-state index is 0.0548. The van der Waals surface area contributed by atoms with E-state index < -0.39 is 0 Å². The highest BCUT2D eigenvalue weighted by Crippen LogP contribution is 2.25. The van der Waals surface area contributed by atoms with Gasteiger partial charge in [0.2, 0.25) is 0 Å². The van der Waals surface area contributed by atoms with Gasteiger partial charge in [-0.05, 0) is 23.0 Å². The lowest BCUT2D eigenvalue weighted by Crippen LogP contribution is -2.11. The average molecular weight is 217 g/mol. The summed E-state index contributed by atoms with van der Waals surface area (Å²) in [6, 6.07) is 10.3. The Morgan fingerprint density at radius 2 is 1.81 bits per heavy atom.